The van der Waals surface area contributed by atoms with Gasteiger partial charge < -0.3 is 14.9 Å². The van der Waals surface area contributed by atoms with Crippen molar-refractivity contribution in [2.75, 3.05) is 6.54 Å². The molecule has 0 saturated heterocycles. The molecule has 2 aromatic heterocycles. The number of nitrogens with one attached hydrogen (secondary N) is 1. The van der Waals surface area contributed by atoms with Crippen molar-refractivity contribution in [3.63, 3.8) is 0 Å². The van der Waals surface area contributed by atoms with Gasteiger partial charge in [0.15, 0.2) is 0 Å². The summed E-state index contributed by atoms with van der Waals surface area (Å²) in [5, 5.41) is 17.0. The lowest BCUT2D eigenvalue weighted by molar-refractivity contribution is 0.0903. The van der Waals surface area contributed by atoms with E-state index in [0.29, 0.717) is 41.0 Å². The Labute approximate surface area is 129 Å². The molecule has 2 heterocycles. The summed E-state index contributed by atoms with van der Waals surface area (Å²) in [6.07, 6.45) is 0.215. The molecule has 120 valence electrons. The van der Waals surface area contributed by atoms with E-state index in [1.807, 2.05) is 20.8 Å². The van der Waals surface area contributed by atoms with Crippen molar-refractivity contribution in [2.24, 2.45) is 5.41 Å². The molecule has 0 bridgehead atoms. The Bertz CT molecular complexity index is 689. The van der Waals surface area contributed by atoms with Crippen LogP contribution in [-0.2, 0) is 0 Å². The van der Waals surface area contributed by atoms with Crippen LogP contribution in [0, 0.1) is 19.3 Å². The SMILES string of the molecule is Cc1cc(C(=O)NCC(C)(C)CC(C)O)c2c(C)noc2n1. The van der Waals surface area contributed by atoms with E-state index in [1.54, 1.807) is 19.9 Å². The Morgan fingerprint density at radius 2 is 2.14 bits per heavy atom. The summed E-state index contributed by atoms with van der Waals surface area (Å²) in [4.78, 5) is 16.8. The van der Waals surface area contributed by atoms with E-state index >= 15 is 0 Å². The first-order chi connectivity index (χ1) is 10.2. The molecule has 6 nitrogen and oxygen atoms in total. The summed E-state index contributed by atoms with van der Waals surface area (Å²) in [6.45, 7) is 9.85. The molecule has 0 aliphatic rings. The number of aliphatic hydroxyl groups excluding tert-OH is 1. The van der Waals surface area contributed by atoms with Gasteiger partial charge in [0.2, 0.25) is 0 Å². The van der Waals surface area contributed by atoms with Crippen LogP contribution in [0.15, 0.2) is 10.6 Å². The van der Waals surface area contributed by atoms with Gasteiger partial charge in [-0.05, 0) is 38.7 Å². The van der Waals surface area contributed by atoms with Gasteiger partial charge in [0, 0.05) is 12.2 Å². The van der Waals surface area contributed by atoms with E-state index in [9.17, 15) is 9.90 Å². The Morgan fingerprint density at radius 3 is 2.77 bits per heavy atom. The quantitative estimate of drug-likeness (QED) is 0.885. The van der Waals surface area contributed by atoms with E-state index < -0.39 is 6.10 Å². The Hall–Kier alpha value is -1.95. The molecule has 1 amide bonds. The minimum Gasteiger partial charge on any atom is -0.393 e. The number of pyridine rings is 1. The summed E-state index contributed by atoms with van der Waals surface area (Å²) in [5.41, 5.74) is 2.07. The van der Waals surface area contributed by atoms with Crippen LogP contribution in [-0.4, -0.2) is 33.8 Å². The number of aryl methyl sites for hydroxylation is 2. The minimum absolute atomic E-state index is 0.180. The average molecular weight is 305 g/mol. The van der Waals surface area contributed by atoms with Crippen molar-refractivity contribution in [3.05, 3.63) is 23.0 Å². The molecule has 22 heavy (non-hydrogen) atoms. The van der Waals surface area contributed by atoms with E-state index in [2.05, 4.69) is 15.5 Å². The number of rotatable bonds is 5. The lowest BCUT2D eigenvalue weighted by Crippen LogP contribution is -2.35. The van der Waals surface area contributed by atoms with Gasteiger partial charge in [-0.25, -0.2) is 4.98 Å². The Balaban J connectivity index is 2.22. The molecule has 0 saturated carbocycles. The van der Waals surface area contributed by atoms with Crippen LogP contribution in [0.4, 0.5) is 0 Å². The highest BCUT2D eigenvalue weighted by molar-refractivity contribution is 6.06. The molecule has 2 rings (SSSR count). The number of aliphatic hydroxyl groups is 1. The van der Waals surface area contributed by atoms with Crippen molar-refractivity contribution in [1.29, 1.82) is 0 Å². The third-order valence-electron chi connectivity index (χ3n) is 3.57. The number of hydrogen-bond donors (Lipinski definition) is 2. The molecule has 0 fully saturated rings. The molecule has 1 atom stereocenters. The van der Waals surface area contributed by atoms with E-state index in [1.165, 1.54) is 0 Å². The third kappa shape index (κ3) is 3.62. The standard InChI is InChI=1S/C16H23N3O3/c1-9-6-12(13-11(3)19-22-15(13)18-9)14(21)17-8-16(4,5)7-10(2)20/h6,10,20H,7-8H2,1-5H3,(H,17,21). The van der Waals surface area contributed by atoms with Crippen molar-refractivity contribution >= 4 is 17.0 Å². The number of fused-ring (bicyclic) bond motifs is 1. The van der Waals surface area contributed by atoms with Gasteiger partial charge in [-0.2, -0.15) is 0 Å². The maximum Gasteiger partial charge on any atom is 0.258 e. The largest absolute Gasteiger partial charge is 0.393 e. The van der Waals surface area contributed by atoms with Crippen LogP contribution in [0.1, 0.15) is 48.9 Å². The fraction of sp³-hybridized carbons (Fsp3) is 0.562. The highest BCUT2D eigenvalue weighted by atomic mass is 16.5. The van der Waals surface area contributed by atoms with Crippen molar-refractivity contribution in [3.8, 4) is 0 Å². The molecule has 0 aromatic carbocycles. The molecule has 0 aliphatic heterocycles. The molecule has 1 unspecified atom stereocenters. The highest BCUT2D eigenvalue weighted by Crippen LogP contribution is 2.24. The van der Waals surface area contributed by atoms with Crippen molar-refractivity contribution in [1.82, 2.24) is 15.5 Å². The van der Waals surface area contributed by atoms with Crippen LogP contribution in [0.25, 0.3) is 11.1 Å². The summed E-state index contributed by atoms with van der Waals surface area (Å²) in [5.74, 6) is -0.180. The van der Waals surface area contributed by atoms with Gasteiger partial charge in [0.05, 0.1) is 22.7 Å². The molecule has 0 radical (unpaired) electrons. The molecule has 0 spiro atoms. The number of amides is 1. The second kappa shape index (κ2) is 6.04. The molecule has 2 N–H and O–H groups in total. The number of aromatic nitrogens is 2. The molecule has 6 heteroatoms. The minimum atomic E-state index is -0.401. The van der Waals surface area contributed by atoms with Crippen LogP contribution in [0.2, 0.25) is 0 Å². The van der Waals surface area contributed by atoms with Gasteiger partial charge in [-0.3, -0.25) is 4.79 Å². The lowest BCUT2D eigenvalue weighted by Gasteiger charge is -2.26. The van der Waals surface area contributed by atoms with Crippen LogP contribution < -0.4 is 5.32 Å². The van der Waals surface area contributed by atoms with E-state index in [0.717, 1.165) is 0 Å². The summed E-state index contributed by atoms with van der Waals surface area (Å²) in [6, 6.07) is 1.74. The third-order valence-corrected chi connectivity index (χ3v) is 3.57. The van der Waals surface area contributed by atoms with E-state index in [4.69, 9.17) is 4.52 Å². The molecule has 0 aliphatic carbocycles. The van der Waals surface area contributed by atoms with Crippen LogP contribution in [0.5, 0.6) is 0 Å². The Kier molecular flexibility index (Phi) is 4.51. The first-order valence-corrected chi connectivity index (χ1v) is 7.39. The number of nitrogens with zero attached hydrogens (tertiary/aromatic N) is 2. The number of hydrogen-bond acceptors (Lipinski definition) is 5. The normalized spacial score (nSPS) is 13.4. The van der Waals surface area contributed by atoms with Crippen molar-refractivity contribution in [2.45, 2.75) is 47.1 Å². The molecule has 2 aromatic rings. The topological polar surface area (TPSA) is 88.2 Å². The summed E-state index contributed by atoms with van der Waals surface area (Å²) < 4.78 is 5.14. The fourth-order valence-corrected chi connectivity index (χ4v) is 2.68. The van der Waals surface area contributed by atoms with Gasteiger partial charge in [-0.1, -0.05) is 19.0 Å². The second-order valence-corrected chi connectivity index (χ2v) is 6.66. The zero-order valence-corrected chi connectivity index (χ0v) is 13.7. The maximum atomic E-state index is 12.5. The maximum absolute atomic E-state index is 12.5. The highest BCUT2D eigenvalue weighted by Gasteiger charge is 2.23. The predicted octanol–water partition coefficient (Wildman–Crippen LogP) is 2.37. The second-order valence-electron chi connectivity index (χ2n) is 6.66. The number of carbonyl (C=O) groups is 1. The van der Waals surface area contributed by atoms with Gasteiger partial charge in [-0.15, -0.1) is 0 Å². The summed E-state index contributed by atoms with van der Waals surface area (Å²) in [7, 11) is 0. The van der Waals surface area contributed by atoms with Crippen LogP contribution >= 0.6 is 0 Å². The first-order valence-electron chi connectivity index (χ1n) is 7.39. The lowest BCUT2D eigenvalue weighted by atomic mass is 9.87. The van der Waals surface area contributed by atoms with Gasteiger partial charge in [0.1, 0.15) is 0 Å². The fourth-order valence-electron chi connectivity index (χ4n) is 2.68. The monoisotopic (exact) mass is 305 g/mol. The molecular formula is C16H23N3O3. The van der Waals surface area contributed by atoms with E-state index in [-0.39, 0.29) is 11.3 Å². The number of carbonyl (C=O) groups excluding carboxylic acids is 1. The summed E-state index contributed by atoms with van der Waals surface area (Å²) >= 11 is 0. The van der Waals surface area contributed by atoms with Crippen LogP contribution in [0.3, 0.4) is 0 Å². The van der Waals surface area contributed by atoms with Gasteiger partial charge >= 0.3 is 0 Å². The zero-order chi connectivity index (χ0) is 16.5. The smallest absolute Gasteiger partial charge is 0.258 e. The van der Waals surface area contributed by atoms with Crippen molar-refractivity contribution < 1.29 is 14.4 Å². The Morgan fingerprint density at radius 1 is 1.45 bits per heavy atom. The van der Waals surface area contributed by atoms with Gasteiger partial charge in [0.25, 0.3) is 11.6 Å². The predicted molar refractivity (Wildman–Crippen MR) is 83.7 cm³/mol. The molecular weight excluding hydrogens is 282 g/mol. The zero-order valence-electron chi connectivity index (χ0n) is 13.7. The first kappa shape index (κ1) is 16.4. The average Bonchev–Trinajstić information content (AvgIpc) is 2.75.